The van der Waals surface area contributed by atoms with E-state index in [4.69, 9.17) is 4.74 Å². The molecule has 0 spiro atoms. The van der Waals surface area contributed by atoms with Gasteiger partial charge < -0.3 is 15.4 Å². The summed E-state index contributed by atoms with van der Waals surface area (Å²) in [6, 6.07) is 13.5. The Kier molecular flexibility index (Phi) is 7.45. The van der Waals surface area contributed by atoms with Crippen molar-refractivity contribution in [3.05, 3.63) is 72.1 Å². The van der Waals surface area contributed by atoms with Crippen molar-refractivity contribution in [2.45, 2.75) is 26.0 Å². The molecule has 0 saturated carbocycles. The van der Waals surface area contributed by atoms with E-state index in [1.165, 1.54) is 44.2 Å². The van der Waals surface area contributed by atoms with E-state index in [-0.39, 0.29) is 0 Å². The van der Waals surface area contributed by atoms with Crippen LogP contribution in [0.15, 0.2) is 60.7 Å². The van der Waals surface area contributed by atoms with E-state index in [1.54, 1.807) is 6.08 Å². The van der Waals surface area contributed by atoms with Gasteiger partial charge in [0.2, 0.25) is 5.91 Å². The van der Waals surface area contributed by atoms with Crippen molar-refractivity contribution in [3.8, 4) is 0 Å². The lowest BCUT2D eigenvalue weighted by atomic mass is 10.2. The van der Waals surface area contributed by atoms with Crippen LogP contribution in [0.1, 0.15) is 19.4 Å². The minimum absolute atomic E-state index is 0.377. The van der Waals surface area contributed by atoms with E-state index in [2.05, 4.69) is 10.6 Å². The van der Waals surface area contributed by atoms with Gasteiger partial charge in [-0.05, 0) is 49.8 Å². The zero-order valence-electron chi connectivity index (χ0n) is 15.5. The van der Waals surface area contributed by atoms with Crippen LogP contribution in [-0.2, 0) is 19.1 Å². The summed E-state index contributed by atoms with van der Waals surface area (Å²) in [6.07, 6.45) is 1.84. The molecule has 0 heterocycles. The van der Waals surface area contributed by atoms with E-state index in [1.807, 2.05) is 30.3 Å². The van der Waals surface area contributed by atoms with E-state index in [0.717, 1.165) is 5.56 Å². The summed E-state index contributed by atoms with van der Waals surface area (Å²) in [6.45, 7) is 2.86. The fourth-order valence-corrected chi connectivity index (χ4v) is 2.16. The number of benzene rings is 2. The second-order valence-corrected chi connectivity index (χ2v) is 6.05. The molecule has 2 atom stereocenters. The van der Waals surface area contributed by atoms with Crippen LogP contribution in [0.25, 0.3) is 6.08 Å². The number of rotatable bonds is 7. The molecule has 0 aromatic heterocycles. The van der Waals surface area contributed by atoms with Crippen molar-refractivity contribution in [3.63, 3.8) is 0 Å². The number of hydrogen-bond donors (Lipinski definition) is 2. The average molecular weight is 384 g/mol. The van der Waals surface area contributed by atoms with E-state index in [9.17, 15) is 18.8 Å². The number of ether oxygens (including phenoxy) is 1. The molecular formula is C21H21FN2O4. The van der Waals surface area contributed by atoms with Crippen molar-refractivity contribution >= 4 is 29.5 Å². The maximum Gasteiger partial charge on any atom is 0.329 e. The first-order chi connectivity index (χ1) is 13.3. The summed E-state index contributed by atoms with van der Waals surface area (Å²) in [4.78, 5) is 36.0. The predicted octanol–water partition coefficient (Wildman–Crippen LogP) is 2.91. The van der Waals surface area contributed by atoms with Crippen LogP contribution in [0.2, 0.25) is 0 Å². The van der Waals surface area contributed by atoms with E-state index in [0.29, 0.717) is 5.69 Å². The quantitative estimate of drug-likeness (QED) is 0.568. The number of esters is 1. The first kappa shape index (κ1) is 20.8. The maximum absolute atomic E-state index is 12.9. The summed E-state index contributed by atoms with van der Waals surface area (Å²) in [5.41, 5.74) is 1.22. The Balaban J connectivity index is 1.81. The lowest BCUT2D eigenvalue weighted by molar-refractivity contribution is -0.155. The summed E-state index contributed by atoms with van der Waals surface area (Å²) in [5, 5.41) is 4.99. The van der Waals surface area contributed by atoms with Crippen molar-refractivity contribution < 1.29 is 23.5 Å². The zero-order valence-corrected chi connectivity index (χ0v) is 15.5. The highest BCUT2D eigenvalue weighted by molar-refractivity contribution is 5.97. The van der Waals surface area contributed by atoms with Crippen LogP contribution in [0.5, 0.6) is 0 Å². The predicted molar refractivity (Wildman–Crippen MR) is 104 cm³/mol. The highest BCUT2D eigenvalue weighted by Crippen LogP contribution is 2.09. The van der Waals surface area contributed by atoms with Crippen LogP contribution >= 0.6 is 0 Å². The van der Waals surface area contributed by atoms with Gasteiger partial charge in [-0.2, -0.15) is 0 Å². The first-order valence-corrected chi connectivity index (χ1v) is 8.65. The van der Waals surface area contributed by atoms with Gasteiger partial charge in [-0.3, -0.25) is 9.59 Å². The van der Waals surface area contributed by atoms with Gasteiger partial charge in [0.05, 0.1) is 0 Å². The molecule has 0 radical (unpaired) electrons. The maximum atomic E-state index is 12.9. The molecular weight excluding hydrogens is 363 g/mol. The third kappa shape index (κ3) is 6.68. The number of halogens is 1. The molecule has 7 heteroatoms. The molecule has 2 aromatic carbocycles. The van der Waals surface area contributed by atoms with Gasteiger partial charge in [-0.15, -0.1) is 0 Å². The van der Waals surface area contributed by atoms with Crippen LogP contribution in [0, 0.1) is 5.82 Å². The zero-order chi connectivity index (χ0) is 20.5. The number of hydrogen-bond acceptors (Lipinski definition) is 4. The minimum Gasteiger partial charge on any atom is -0.451 e. The number of nitrogens with one attached hydrogen (secondary N) is 2. The van der Waals surface area contributed by atoms with Crippen molar-refractivity contribution in [2.75, 3.05) is 5.32 Å². The number of carbonyl (C=O) groups is 3. The molecule has 0 aliphatic rings. The largest absolute Gasteiger partial charge is 0.451 e. The number of anilines is 1. The standard InChI is InChI=1S/C21H21FN2O4/c1-14(23-19(25)13-8-16-6-4-3-5-7-16)21(27)28-15(2)20(26)24-18-11-9-17(22)10-12-18/h3-15H,1-2H3,(H,23,25)(H,24,26)/b13-8+. The van der Waals surface area contributed by atoms with Gasteiger partial charge in [0.25, 0.3) is 5.91 Å². The highest BCUT2D eigenvalue weighted by atomic mass is 19.1. The Hall–Kier alpha value is -3.48. The van der Waals surface area contributed by atoms with Crippen LogP contribution in [-0.4, -0.2) is 29.9 Å². The van der Waals surface area contributed by atoms with Crippen molar-refractivity contribution in [1.29, 1.82) is 0 Å². The molecule has 2 unspecified atom stereocenters. The first-order valence-electron chi connectivity index (χ1n) is 8.65. The molecule has 0 aliphatic carbocycles. The highest BCUT2D eigenvalue weighted by Gasteiger charge is 2.22. The molecule has 2 rings (SSSR count). The van der Waals surface area contributed by atoms with Crippen LogP contribution in [0.3, 0.4) is 0 Å². The molecule has 0 aliphatic heterocycles. The fourth-order valence-electron chi connectivity index (χ4n) is 2.16. The third-order valence-electron chi connectivity index (χ3n) is 3.71. The molecule has 2 amide bonds. The normalized spacial score (nSPS) is 12.8. The van der Waals surface area contributed by atoms with Gasteiger partial charge in [-0.1, -0.05) is 30.3 Å². The van der Waals surface area contributed by atoms with Gasteiger partial charge in [0, 0.05) is 11.8 Å². The molecule has 146 valence electrons. The molecule has 2 aromatic rings. The second-order valence-electron chi connectivity index (χ2n) is 6.05. The minimum atomic E-state index is -1.09. The Bertz CT molecular complexity index is 850. The van der Waals surface area contributed by atoms with Gasteiger partial charge in [0.15, 0.2) is 6.10 Å². The van der Waals surface area contributed by atoms with Crippen LogP contribution in [0.4, 0.5) is 10.1 Å². The molecule has 6 nitrogen and oxygen atoms in total. The second kappa shape index (κ2) is 10.0. The van der Waals surface area contributed by atoms with Gasteiger partial charge >= 0.3 is 5.97 Å². The monoisotopic (exact) mass is 384 g/mol. The van der Waals surface area contributed by atoms with Crippen molar-refractivity contribution in [1.82, 2.24) is 5.32 Å². The molecule has 2 N–H and O–H groups in total. The Morgan fingerprint density at radius 3 is 2.29 bits per heavy atom. The van der Waals surface area contributed by atoms with Gasteiger partial charge in [0.1, 0.15) is 11.9 Å². The Morgan fingerprint density at radius 2 is 1.64 bits per heavy atom. The fraction of sp³-hybridized carbons (Fsp3) is 0.190. The number of carbonyl (C=O) groups excluding carboxylic acids is 3. The van der Waals surface area contributed by atoms with Crippen molar-refractivity contribution in [2.24, 2.45) is 0 Å². The Labute approximate surface area is 162 Å². The smallest absolute Gasteiger partial charge is 0.329 e. The number of amides is 2. The summed E-state index contributed by atoms with van der Waals surface area (Å²) in [5.74, 6) is -2.20. The molecule has 0 saturated heterocycles. The lowest BCUT2D eigenvalue weighted by Gasteiger charge is -2.17. The van der Waals surface area contributed by atoms with E-state index < -0.39 is 35.7 Å². The molecule has 28 heavy (non-hydrogen) atoms. The lowest BCUT2D eigenvalue weighted by Crippen LogP contribution is -2.41. The Morgan fingerprint density at radius 1 is 1.00 bits per heavy atom. The average Bonchev–Trinajstić information content (AvgIpc) is 2.68. The SMILES string of the molecule is CC(NC(=O)/C=C/c1ccccc1)C(=O)OC(C)C(=O)Nc1ccc(F)cc1. The van der Waals surface area contributed by atoms with Crippen LogP contribution < -0.4 is 10.6 Å². The van der Waals surface area contributed by atoms with E-state index >= 15 is 0 Å². The topological polar surface area (TPSA) is 84.5 Å². The summed E-state index contributed by atoms with van der Waals surface area (Å²) < 4.78 is 17.9. The molecule has 0 fully saturated rings. The molecule has 0 bridgehead atoms. The summed E-state index contributed by atoms with van der Waals surface area (Å²) in [7, 11) is 0. The summed E-state index contributed by atoms with van der Waals surface area (Å²) >= 11 is 0. The third-order valence-corrected chi connectivity index (χ3v) is 3.71. The van der Waals surface area contributed by atoms with Gasteiger partial charge in [-0.25, -0.2) is 9.18 Å².